The van der Waals surface area contributed by atoms with Crippen molar-refractivity contribution < 1.29 is 22.5 Å². The van der Waals surface area contributed by atoms with Gasteiger partial charge in [0.05, 0.1) is 13.2 Å². The van der Waals surface area contributed by atoms with E-state index in [1.807, 2.05) is 0 Å². The molecule has 1 N–H and O–H groups in total. The maximum atomic E-state index is 14.0. The van der Waals surface area contributed by atoms with Crippen molar-refractivity contribution in [2.24, 2.45) is 0 Å². The van der Waals surface area contributed by atoms with Gasteiger partial charge in [-0.3, -0.25) is 14.6 Å². The molecule has 1 aliphatic carbocycles. The number of aromatic nitrogens is 1. The quantitative estimate of drug-likeness (QED) is 0.512. The number of fused-ring (bicyclic) bond motifs is 4. The van der Waals surface area contributed by atoms with Gasteiger partial charge in [-0.2, -0.15) is 17.0 Å². The maximum absolute atomic E-state index is 14.0. The summed E-state index contributed by atoms with van der Waals surface area (Å²) in [5.41, 5.74) is 0.330. The number of piperidine rings is 1. The van der Waals surface area contributed by atoms with Gasteiger partial charge in [0.15, 0.2) is 5.69 Å². The highest BCUT2D eigenvalue weighted by Crippen LogP contribution is 2.42. The van der Waals surface area contributed by atoms with Crippen molar-refractivity contribution in [2.45, 2.75) is 87.5 Å². The van der Waals surface area contributed by atoms with Crippen molar-refractivity contribution in [3.63, 3.8) is 0 Å². The predicted molar refractivity (Wildman–Crippen MR) is 139 cm³/mol. The first-order valence-corrected chi connectivity index (χ1v) is 16.0. The fourth-order valence-corrected chi connectivity index (χ4v) is 9.69. The normalized spacial score (nSPS) is 35.1. The minimum atomic E-state index is -3.54. The van der Waals surface area contributed by atoms with Gasteiger partial charge in [0, 0.05) is 81.5 Å². The minimum absolute atomic E-state index is 0.0410. The monoisotopic (exact) mass is 548 g/mol. The summed E-state index contributed by atoms with van der Waals surface area (Å²) in [4.78, 5) is 17.8. The summed E-state index contributed by atoms with van der Waals surface area (Å²) < 4.78 is 42.3. The molecule has 1 aromatic heterocycles. The Morgan fingerprint density at radius 3 is 2.26 bits per heavy atom. The lowest BCUT2D eigenvalue weighted by Crippen LogP contribution is -2.62. The van der Waals surface area contributed by atoms with Gasteiger partial charge in [-0.05, 0) is 51.4 Å². The molecule has 0 radical (unpaired) electrons. The van der Waals surface area contributed by atoms with Crippen LogP contribution in [0.2, 0.25) is 0 Å². The number of amides is 1. The van der Waals surface area contributed by atoms with Crippen LogP contribution in [0.4, 0.5) is 0 Å². The maximum Gasteiger partial charge on any atom is 0.282 e. The second-order valence-electron chi connectivity index (χ2n) is 12.1. The predicted octanol–water partition coefficient (Wildman–Crippen LogP) is 1.00. The van der Waals surface area contributed by atoms with Gasteiger partial charge in [-0.15, -0.1) is 0 Å². The lowest BCUT2D eigenvalue weighted by molar-refractivity contribution is 0.0247. The average Bonchev–Trinajstić information content (AvgIpc) is 3.50. The van der Waals surface area contributed by atoms with Gasteiger partial charge in [0.1, 0.15) is 5.76 Å². The highest BCUT2D eigenvalue weighted by Gasteiger charge is 2.52. The number of carbonyl (C=O) groups excluding carboxylic acids is 1. The van der Waals surface area contributed by atoms with Crippen molar-refractivity contribution in [2.75, 3.05) is 52.5 Å². The Morgan fingerprint density at radius 2 is 1.61 bits per heavy atom. The lowest BCUT2D eigenvalue weighted by Gasteiger charge is -2.45. The van der Waals surface area contributed by atoms with Crippen LogP contribution in [-0.4, -0.2) is 121 Å². The third-order valence-electron chi connectivity index (χ3n) is 9.71. The second kappa shape index (κ2) is 10.1. The Kier molecular flexibility index (Phi) is 6.76. The van der Waals surface area contributed by atoms with Crippen LogP contribution >= 0.6 is 0 Å². The number of carbonyl (C=O) groups is 1. The number of nitrogens with zero attached hydrogens (tertiary/aromatic N) is 5. The Bertz CT molecular complexity index is 1110. The molecule has 6 fully saturated rings. The van der Waals surface area contributed by atoms with Crippen molar-refractivity contribution in [3.8, 4) is 0 Å². The summed E-state index contributed by atoms with van der Waals surface area (Å²) in [7, 11) is -3.54. The van der Waals surface area contributed by atoms with E-state index in [0.29, 0.717) is 49.6 Å². The summed E-state index contributed by atoms with van der Waals surface area (Å²) in [5.74, 6) is 0.993. The molecule has 5 atom stereocenters. The molecule has 0 spiro atoms. The number of piperazine rings is 1. The topological polar surface area (TPSA) is 111 Å². The third kappa shape index (κ3) is 4.81. The molecule has 210 valence electrons. The second-order valence-corrected chi connectivity index (χ2v) is 14.0. The summed E-state index contributed by atoms with van der Waals surface area (Å²) in [5, 5.41) is 7.08. The van der Waals surface area contributed by atoms with Crippen molar-refractivity contribution in [3.05, 3.63) is 17.5 Å². The molecule has 0 aromatic carbocycles. The fraction of sp³-hybridized carbons (Fsp3) is 0.846. The van der Waals surface area contributed by atoms with E-state index in [-0.39, 0.29) is 24.0 Å². The van der Waals surface area contributed by atoms with Crippen molar-refractivity contribution in [1.29, 1.82) is 0 Å². The summed E-state index contributed by atoms with van der Waals surface area (Å²) in [6.45, 7) is 6.81. The van der Waals surface area contributed by atoms with Crippen LogP contribution in [0.5, 0.6) is 0 Å². The summed E-state index contributed by atoms with van der Waals surface area (Å²) >= 11 is 0. The first kappa shape index (κ1) is 25.4. The molecule has 5 saturated heterocycles. The van der Waals surface area contributed by atoms with Gasteiger partial charge in [0.2, 0.25) is 0 Å². The van der Waals surface area contributed by atoms with E-state index in [9.17, 15) is 13.2 Å². The standard InChI is InChI=1S/C26H40N6O5S/c33-26(24-15-25(37-28-24)18-1-2-18)27-19-13-20-3-4-21(14-19)32(20)38(34,35)30-16-22-5-6-23(17-30)31(22)8-7-29-9-11-36-12-10-29/h15,18-23H,1-14,16-17H2,(H,27,33)/t19-,20+,21-,22?,23?. The number of ether oxygens (including phenoxy) is 1. The Hall–Kier alpha value is -1.57. The Labute approximate surface area is 225 Å². The zero-order valence-corrected chi connectivity index (χ0v) is 22.9. The summed E-state index contributed by atoms with van der Waals surface area (Å²) in [6, 6.07) is 2.22. The molecule has 38 heavy (non-hydrogen) atoms. The number of hydrogen-bond acceptors (Lipinski definition) is 8. The van der Waals surface area contributed by atoms with Crippen LogP contribution in [0.1, 0.15) is 73.5 Å². The molecule has 6 heterocycles. The summed E-state index contributed by atoms with van der Waals surface area (Å²) in [6.07, 6.45) is 7.37. The number of morpholine rings is 1. The smallest absolute Gasteiger partial charge is 0.282 e. The first-order chi connectivity index (χ1) is 18.5. The SMILES string of the molecule is O=C(N[C@H]1C[C@H]2CC[C@@H](C1)N2S(=O)(=O)N1CC2CCC(C1)N2CCN1CCOCC1)c1cc(C2CC2)on1. The molecular formula is C26H40N6O5S. The fourth-order valence-electron chi connectivity index (χ4n) is 7.56. The van der Waals surface area contributed by atoms with Crippen molar-refractivity contribution in [1.82, 2.24) is 28.9 Å². The van der Waals surface area contributed by atoms with E-state index in [2.05, 4.69) is 20.3 Å². The number of hydrogen-bond donors (Lipinski definition) is 1. The molecule has 1 aromatic rings. The Morgan fingerprint density at radius 1 is 0.947 bits per heavy atom. The van der Waals surface area contributed by atoms with E-state index in [4.69, 9.17) is 9.26 Å². The zero-order valence-electron chi connectivity index (χ0n) is 22.0. The van der Waals surface area contributed by atoms with E-state index < -0.39 is 10.2 Å². The largest absolute Gasteiger partial charge is 0.379 e. The van der Waals surface area contributed by atoms with Crippen LogP contribution in [0.15, 0.2) is 10.6 Å². The number of nitrogens with one attached hydrogen (secondary N) is 1. The molecule has 2 unspecified atom stereocenters. The first-order valence-electron chi connectivity index (χ1n) is 14.6. The van der Waals surface area contributed by atoms with Gasteiger partial charge in [-0.25, -0.2) is 0 Å². The molecule has 4 bridgehead atoms. The van der Waals surface area contributed by atoms with E-state index in [1.165, 1.54) is 0 Å². The molecule has 11 nitrogen and oxygen atoms in total. The molecular weight excluding hydrogens is 508 g/mol. The van der Waals surface area contributed by atoms with Gasteiger partial charge >= 0.3 is 0 Å². The van der Waals surface area contributed by atoms with Crippen molar-refractivity contribution >= 4 is 16.1 Å². The highest BCUT2D eigenvalue weighted by atomic mass is 32.2. The Balaban J connectivity index is 0.960. The van der Waals surface area contributed by atoms with Gasteiger partial charge in [0.25, 0.3) is 16.1 Å². The highest BCUT2D eigenvalue weighted by molar-refractivity contribution is 7.86. The van der Waals surface area contributed by atoms with E-state index >= 15 is 0 Å². The molecule has 6 aliphatic rings. The molecule has 12 heteroatoms. The lowest BCUT2D eigenvalue weighted by atomic mass is 9.99. The van der Waals surface area contributed by atoms with Crippen LogP contribution in [0, 0.1) is 0 Å². The van der Waals surface area contributed by atoms with Crippen LogP contribution in [0.3, 0.4) is 0 Å². The molecule has 5 aliphatic heterocycles. The minimum Gasteiger partial charge on any atom is -0.379 e. The number of rotatable bonds is 8. The van der Waals surface area contributed by atoms with Gasteiger partial charge < -0.3 is 14.6 Å². The zero-order chi connectivity index (χ0) is 25.9. The van der Waals surface area contributed by atoms with Crippen LogP contribution < -0.4 is 5.32 Å². The van der Waals surface area contributed by atoms with Crippen LogP contribution in [0.25, 0.3) is 0 Å². The molecule has 1 amide bonds. The van der Waals surface area contributed by atoms with E-state index in [1.54, 1.807) is 14.7 Å². The molecule has 7 rings (SSSR count). The third-order valence-corrected chi connectivity index (χ3v) is 11.8. The molecule has 1 saturated carbocycles. The van der Waals surface area contributed by atoms with Gasteiger partial charge in [-0.1, -0.05) is 5.16 Å². The van der Waals surface area contributed by atoms with Crippen LogP contribution in [-0.2, 0) is 14.9 Å². The van der Waals surface area contributed by atoms with E-state index in [0.717, 1.165) is 83.7 Å². The average molecular weight is 549 g/mol.